The second-order valence-corrected chi connectivity index (χ2v) is 6.93. The molecule has 20 heavy (non-hydrogen) atoms. The summed E-state index contributed by atoms with van der Waals surface area (Å²) in [6, 6.07) is 0.120. The van der Waals surface area contributed by atoms with Gasteiger partial charge in [-0.3, -0.25) is 14.5 Å². The largest absolute Gasteiger partial charge is 0.302 e. The minimum absolute atomic E-state index is 0.00277. The van der Waals surface area contributed by atoms with Crippen LogP contribution >= 0.6 is 0 Å². The fourth-order valence-electron chi connectivity index (χ4n) is 3.70. The molecule has 0 radical (unpaired) electrons. The Kier molecular flexibility index (Phi) is 4.52. The van der Waals surface area contributed by atoms with Crippen LogP contribution in [0.4, 0.5) is 0 Å². The Morgan fingerprint density at radius 1 is 1.30 bits per heavy atom. The number of carbonyl (C=O) groups is 2. The Balaban J connectivity index is 2.05. The van der Waals surface area contributed by atoms with Gasteiger partial charge in [-0.1, -0.05) is 34.1 Å². The molecule has 4 heteroatoms. The first-order chi connectivity index (χ1) is 9.40. The van der Waals surface area contributed by atoms with Crippen molar-refractivity contribution >= 4 is 11.8 Å². The molecule has 0 aromatic rings. The maximum atomic E-state index is 12.5. The van der Waals surface area contributed by atoms with Gasteiger partial charge in [-0.2, -0.15) is 0 Å². The van der Waals surface area contributed by atoms with Crippen LogP contribution in [0.5, 0.6) is 0 Å². The van der Waals surface area contributed by atoms with Crippen molar-refractivity contribution in [3.05, 3.63) is 0 Å². The maximum Gasteiger partial charge on any atom is 0.247 e. The van der Waals surface area contributed by atoms with E-state index in [4.69, 9.17) is 0 Å². The highest BCUT2D eigenvalue weighted by Gasteiger charge is 2.44. The van der Waals surface area contributed by atoms with Crippen molar-refractivity contribution < 1.29 is 9.59 Å². The summed E-state index contributed by atoms with van der Waals surface area (Å²) < 4.78 is 0. The first kappa shape index (κ1) is 15.5. The Bertz CT molecular complexity index is 388. The van der Waals surface area contributed by atoms with Crippen LogP contribution < -0.4 is 5.32 Å². The van der Waals surface area contributed by atoms with E-state index < -0.39 is 0 Å². The molecular formula is C16H28N2O2. The lowest BCUT2D eigenvalue weighted by Gasteiger charge is -2.30. The van der Waals surface area contributed by atoms with Crippen LogP contribution in [0, 0.1) is 5.41 Å². The number of carbonyl (C=O) groups excluding carboxylic acids is 2. The quantitative estimate of drug-likeness (QED) is 0.787. The number of hydrogen-bond acceptors (Lipinski definition) is 3. The van der Waals surface area contributed by atoms with Crippen LogP contribution in [0.25, 0.3) is 0 Å². The first-order valence-electron chi connectivity index (χ1n) is 8.02. The van der Waals surface area contributed by atoms with Crippen molar-refractivity contribution in [2.75, 3.05) is 0 Å². The molecule has 2 aliphatic rings. The Labute approximate surface area is 122 Å². The third-order valence-corrected chi connectivity index (χ3v) is 5.15. The summed E-state index contributed by atoms with van der Waals surface area (Å²) in [5, 5.41) is 3.47. The normalized spacial score (nSPS) is 29.8. The van der Waals surface area contributed by atoms with Gasteiger partial charge in [0, 0.05) is 12.1 Å². The number of rotatable bonds is 5. The molecule has 1 heterocycles. The average Bonchev–Trinajstić information content (AvgIpc) is 2.85. The SMILES string of the molecule is CCC(CC)N1C(=O)CC(NC2CCCC2(C)C)C1=O. The molecule has 2 rings (SSSR count). The summed E-state index contributed by atoms with van der Waals surface area (Å²) in [4.78, 5) is 26.2. The van der Waals surface area contributed by atoms with Crippen LogP contribution in [-0.2, 0) is 9.59 Å². The van der Waals surface area contributed by atoms with Gasteiger partial charge >= 0.3 is 0 Å². The number of nitrogens with one attached hydrogen (secondary N) is 1. The molecule has 2 fully saturated rings. The fourth-order valence-corrected chi connectivity index (χ4v) is 3.70. The van der Waals surface area contributed by atoms with E-state index in [0.29, 0.717) is 12.5 Å². The zero-order valence-electron chi connectivity index (χ0n) is 13.2. The van der Waals surface area contributed by atoms with E-state index in [2.05, 4.69) is 19.2 Å². The summed E-state index contributed by atoms with van der Waals surface area (Å²) in [7, 11) is 0. The van der Waals surface area contributed by atoms with Crippen LogP contribution in [0.1, 0.15) is 66.2 Å². The molecule has 0 spiro atoms. The monoisotopic (exact) mass is 280 g/mol. The van der Waals surface area contributed by atoms with Crippen LogP contribution in [0.3, 0.4) is 0 Å². The van der Waals surface area contributed by atoms with Crippen molar-refractivity contribution in [2.45, 2.75) is 84.3 Å². The number of amides is 2. The predicted molar refractivity (Wildman–Crippen MR) is 79.2 cm³/mol. The van der Waals surface area contributed by atoms with Crippen LogP contribution in [0.2, 0.25) is 0 Å². The molecule has 2 atom stereocenters. The van der Waals surface area contributed by atoms with Gasteiger partial charge in [-0.15, -0.1) is 0 Å². The third kappa shape index (κ3) is 2.76. The number of hydrogen-bond donors (Lipinski definition) is 1. The molecule has 0 aromatic heterocycles. The average molecular weight is 280 g/mol. The molecule has 1 aliphatic heterocycles. The second-order valence-electron chi connectivity index (χ2n) is 6.93. The van der Waals surface area contributed by atoms with Gasteiger partial charge in [-0.25, -0.2) is 0 Å². The zero-order chi connectivity index (χ0) is 14.9. The van der Waals surface area contributed by atoms with Gasteiger partial charge in [0.25, 0.3) is 0 Å². The number of likely N-dealkylation sites (tertiary alicyclic amines) is 1. The Morgan fingerprint density at radius 2 is 1.95 bits per heavy atom. The summed E-state index contributed by atoms with van der Waals surface area (Å²) in [5.74, 6) is -0.0107. The second kappa shape index (κ2) is 5.84. The van der Waals surface area contributed by atoms with Crippen molar-refractivity contribution in [2.24, 2.45) is 5.41 Å². The topological polar surface area (TPSA) is 49.4 Å². The van der Waals surface area contributed by atoms with E-state index in [-0.39, 0.29) is 29.3 Å². The lowest BCUT2D eigenvalue weighted by Crippen LogP contribution is -2.49. The smallest absolute Gasteiger partial charge is 0.247 e. The van der Waals surface area contributed by atoms with Crippen molar-refractivity contribution in [1.82, 2.24) is 10.2 Å². The lowest BCUT2D eigenvalue weighted by atomic mass is 9.87. The maximum absolute atomic E-state index is 12.5. The van der Waals surface area contributed by atoms with Gasteiger partial charge in [0.1, 0.15) is 0 Å². The highest BCUT2D eigenvalue weighted by atomic mass is 16.2. The summed E-state index contributed by atoms with van der Waals surface area (Å²) in [6.07, 6.45) is 5.52. The van der Waals surface area contributed by atoms with Crippen molar-refractivity contribution in [3.8, 4) is 0 Å². The molecule has 0 bridgehead atoms. The van der Waals surface area contributed by atoms with E-state index in [1.54, 1.807) is 0 Å². The molecule has 1 N–H and O–H groups in total. The highest BCUT2D eigenvalue weighted by molar-refractivity contribution is 6.05. The Morgan fingerprint density at radius 3 is 2.45 bits per heavy atom. The number of nitrogens with zero attached hydrogens (tertiary/aromatic N) is 1. The molecule has 1 saturated heterocycles. The molecule has 1 saturated carbocycles. The van der Waals surface area contributed by atoms with E-state index in [0.717, 1.165) is 19.3 Å². The van der Waals surface area contributed by atoms with E-state index in [9.17, 15) is 9.59 Å². The zero-order valence-corrected chi connectivity index (χ0v) is 13.2. The number of imide groups is 1. The lowest BCUT2D eigenvalue weighted by molar-refractivity contribution is -0.141. The fraction of sp³-hybridized carbons (Fsp3) is 0.875. The summed E-state index contributed by atoms with van der Waals surface area (Å²) in [6.45, 7) is 8.57. The molecule has 4 nitrogen and oxygen atoms in total. The predicted octanol–water partition coefficient (Wildman–Crippen LogP) is 2.47. The summed E-state index contributed by atoms with van der Waals surface area (Å²) in [5.41, 5.74) is 0.228. The molecule has 0 aromatic carbocycles. The Hall–Kier alpha value is -0.900. The van der Waals surface area contributed by atoms with E-state index >= 15 is 0 Å². The third-order valence-electron chi connectivity index (χ3n) is 5.15. The van der Waals surface area contributed by atoms with Gasteiger partial charge in [0.15, 0.2) is 0 Å². The molecule has 114 valence electrons. The van der Waals surface area contributed by atoms with E-state index in [1.165, 1.54) is 17.7 Å². The van der Waals surface area contributed by atoms with Gasteiger partial charge < -0.3 is 5.32 Å². The van der Waals surface area contributed by atoms with E-state index in [1.807, 2.05) is 13.8 Å². The van der Waals surface area contributed by atoms with Crippen LogP contribution in [0.15, 0.2) is 0 Å². The molecular weight excluding hydrogens is 252 g/mol. The van der Waals surface area contributed by atoms with Gasteiger partial charge in [0.05, 0.1) is 12.5 Å². The van der Waals surface area contributed by atoms with Crippen molar-refractivity contribution in [1.29, 1.82) is 0 Å². The standard InChI is InChI=1S/C16H28N2O2/c1-5-11(6-2)18-14(19)10-12(15(18)20)17-13-8-7-9-16(13,3)4/h11-13,17H,5-10H2,1-4H3. The molecule has 1 aliphatic carbocycles. The van der Waals surface area contributed by atoms with Gasteiger partial charge in [0.2, 0.25) is 11.8 Å². The van der Waals surface area contributed by atoms with Crippen LogP contribution in [-0.4, -0.2) is 34.8 Å². The first-order valence-corrected chi connectivity index (χ1v) is 8.02. The highest BCUT2D eigenvalue weighted by Crippen LogP contribution is 2.38. The molecule has 2 amide bonds. The minimum Gasteiger partial charge on any atom is -0.302 e. The summed E-state index contributed by atoms with van der Waals surface area (Å²) >= 11 is 0. The minimum atomic E-state index is -0.300. The van der Waals surface area contributed by atoms with Crippen molar-refractivity contribution in [3.63, 3.8) is 0 Å². The molecule has 2 unspecified atom stereocenters. The van der Waals surface area contributed by atoms with Gasteiger partial charge in [-0.05, 0) is 31.1 Å².